The summed E-state index contributed by atoms with van der Waals surface area (Å²) in [6, 6.07) is 5.15. The molecule has 0 radical (unpaired) electrons. The van der Waals surface area contributed by atoms with Gasteiger partial charge in [0.05, 0.1) is 0 Å². The molecule has 1 aromatic rings. The number of pyridine rings is 1. The van der Waals surface area contributed by atoms with Crippen molar-refractivity contribution in [1.82, 2.24) is 9.29 Å². The number of rotatable bonds is 3. The number of nitrogens with zero attached hydrogens (tertiary/aromatic N) is 2. The minimum absolute atomic E-state index is 0.117. The quantitative estimate of drug-likeness (QED) is 0.851. The minimum Gasteiger partial charge on any atom is -0.381 e. The van der Waals surface area contributed by atoms with Gasteiger partial charge in [0.15, 0.2) is 5.03 Å². The van der Waals surface area contributed by atoms with Gasteiger partial charge in [0, 0.05) is 32.0 Å². The van der Waals surface area contributed by atoms with Crippen LogP contribution in [0.4, 0.5) is 0 Å². The molecule has 2 aliphatic rings. The average molecular weight is 296 g/mol. The summed E-state index contributed by atoms with van der Waals surface area (Å²) in [4.78, 5) is 4.02. The molecule has 110 valence electrons. The molecule has 5 nitrogen and oxygen atoms in total. The van der Waals surface area contributed by atoms with Crippen molar-refractivity contribution in [3.05, 3.63) is 24.4 Å². The zero-order valence-corrected chi connectivity index (χ0v) is 12.3. The SMILES string of the molecule is O=S(=O)(c1ccccn1)N1CCCC1C1CCOCC1. The monoisotopic (exact) mass is 296 g/mol. The van der Waals surface area contributed by atoms with Gasteiger partial charge in [-0.15, -0.1) is 0 Å². The molecule has 1 unspecified atom stereocenters. The molecular formula is C14H20N2O3S. The normalized spacial score (nSPS) is 25.9. The summed E-state index contributed by atoms with van der Waals surface area (Å²) < 4.78 is 32.5. The Morgan fingerprint density at radius 2 is 2.00 bits per heavy atom. The summed E-state index contributed by atoms with van der Waals surface area (Å²) in [7, 11) is -3.46. The molecule has 2 fully saturated rings. The van der Waals surface area contributed by atoms with E-state index < -0.39 is 10.0 Å². The number of hydrogen-bond donors (Lipinski definition) is 0. The Morgan fingerprint density at radius 3 is 2.70 bits per heavy atom. The highest BCUT2D eigenvalue weighted by atomic mass is 32.2. The van der Waals surface area contributed by atoms with Crippen LogP contribution in [0, 0.1) is 5.92 Å². The largest absolute Gasteiger partial charge is 0.381 e. The summed E-state index contributed by atoms with van der Waals surface area (Å²) in [6.07, 6.45) is 5.34. The van der Waals surface area contributed by atoms with Crippen LogP contribution in [0.1, 0.15) is 25.7 Å². The van der Waals surface area contributed by atoms with Gasteiger partial charge in [0.1, 0.15) is 0 Å². The second kappa shape index (κ2) is 5.79. The zero-order chi connectivity index (χ0) is 14.0. The molecule has 1 aromatic heterocycles. The van der Waals surface area contributed by atoms with E-state index >= 15 is 0 Å². The Kier molecular flexibility index (Phi) is 4.05. The third-order valence-electron chi connectivity index (χ3n) is 4.27. The standard InChI is InChI=1S/C14H20N2O3S/c17-20(18,14-5-1-2-8-15-14)16-9-3-4-13(16)12-6-10-19-11-7-12/h1-2,5,8,12-13H,3-4,6-7,9-11H2. The maximum atomic E-state index is 12.7. The average Bonchev–Trinajstić information content (AvgIpc) is 2.99. The minimum atomic E-state index is -3.46. The predicted molar refractivity (Wildman–Crippen MR) is 74.7 cm³/mol. The summed E-state index contributed by atoms with van der Waals surface area (Å²) >= 11 is 0. The molecule has 6 heteroatoms. The summed E-state index contributed by atoms with van der Waals surface area (Å²) in [5.41, 5.74) is 0. The molecule has 0 aliphatic carbocycles. The molecule has 0 bridgehead atoms. The lowest BCUT2D eigenvalue weighted by Crippen LogP contribution is -2.42. The van der Waals surface area contributed by atoms with Crippen molar-refractivity contribution >= 4 is 10.0 Å². The van der Waals surface area contributed by atoms with Crippen LogP contribution in [0.2, 0.25) is 0 Å². The van der Waals surface area contributed by atoms with Crippen LogP contribution in [0.3, 0.4) is 0 Å². The lowest BCUT2D eigenvalue weighted by atomic mass is 9.91. The van der Waals surface area contributed by atoms with Crippen molar-refractivity contribution in [2.75, 3.05) is 19.8 Å². The van der Waals surface area contributed by atoms with Crippen molar-refractivity contribution in [2.45, 2.75) is 36.8 Å². The van der Waals surface area contributed by atoms with E-state index in [1.165, 1.54) is 6.20 Å². The molecule has 2 aliphatic heterocycles. The third kappa shape index (κ3) is 2.60. The molecule has 0 spiro atoms. The molecule has 3 heterocycles. The first-order chi connectivity index (χ1) is 9.69. The summed E-state index contributed by atoms with van der Waals surface area (Å²) in [5, 5.41) is 0.166. The topological polar surface area (TPSA) is 59.5 Å². The Labute approximate surface area is 120 Å². The van der Waals surface area contributed by atoms with Gasteiger partial charge in [-0.1, -0.05) is 6.07 Å². The highest BCUT2D eigenvalue weighted by molar-refractivity contribution is 7.89. The number of hydrogen-bond acceptors (Lipinski definition) is 4. The van der Waals surface area contributed by atoms with Crippen LogP contribution >= 0.6 is 0 Å². The van der Waals surface area contributed by atoms with Crippen LogP contribution < -0.4 is 0 Å². The van der Waals surface area contributed by atoms with E-state index in [-0.39, 0.29) is 11.1 Å². The van der Waals surface area contributed by atoms with Crippen LogP contribution in [-0.2, 0) is 14.8 Å². The maximum Gasteiger partial charge on any atom is 0.260 e. The molecule has 0 saturated carbocycles. The molecule has 3 rings (SSSR count). The van der Waals surface area contributed by atoms with E-state index in [9.17, 15) is 8.42 Å². The lowest BCUT2D eigenvalue weighted by Gasteiger charge is -2.33. The first-order valence-electron chi connectivity index (χ1n) is 7.20. The molecule has 20 heavy (non-hydrogen) atoms. The fourth-order valence-electron chi connectivity index (χ4n) is 3.26. The van der Waals surface area contributed by atoms with Gasteiger partial charge in [-0.05, 0) is 43.7 Å². The van der Waals surface area contributed by atoms with Gasteiger partial charge in [-0.2, -0.15) is 4.31 Å². The Hall–Kier alpha value is -0.980. The first-order valence-corrected chi connectivity index (χ1v) is 8.64. The van der Waals surface area contributed by atoms with Gasteiger partial charge in [0.2, 0.25) is 0 Å². The van der Waals surface area contributed by atoms with E-state index in [1.807, 2.05) is 0 Å². The number of aromatic nitrogens is 1. The van der Waals surface area contributed by atoms with E-state index in [0.717, 1.165) is 38.9 Å². The third-order valence-corrected chi connectivity index (χ3v) is 6.11. The van der Waals surface area contributed by atoms with Crippen LogP contribution in [-0.4, -0.2) is 43.5 Å². The Bertz CT molecular complexity index is 541. The van der Waals surface area contributed by atoms with Gasteiger partial charge in [-0.3, -0.25) is 0 Å². The molecular weight excluding hydrogens is 276 g/mol. The van der Waals surface area contributed by atoms with Gasteiger partial charge < -0.3 is 4.74 Å². The van der Waals surface area contributed by atoms with E-state index in [2.05, 4.69) is 4.98 Å². The summed E-state index contributed by atoms with van der Waals surface area (Å²) in [5.74, 6) is 0.421. The maximum absolute atomic E-state index is 12.7. The van der Waals surface area contributed by atoms with Crippen LogP contribution in [0.5, 0.6) is 0 Å². The highest BCUT2D eigenvalue weighted by Gasteiger charge is 2.40. The van der Waals surface area contributed by atoms with Crippen molar-refractivity contribution < 1.29 is 13.2 Å². The Morgan fingerprint density at radius 1 is 1.20 bits per heavy atom. The second-order valence-corrected chi connectivity index (χ2v) is 7.28. The van der Waals surface area contributed by atoms with Gasteiger partial charge >= 0.3 is 0 Å². The second-order valence-electron chi connectivity index (χ2n) is 5.44. The number of sulfonamides is 1. The van der Waals surface area contributed by atoms with E-state index in [4.69, 9.17) is 4.74 Å². The molecule has 0 amide bonds. The predicted octanol–water partition coefficient (Wildman–Crippen LogP) is 1.66. The highest BCUT2D eigenvalue weighted by Crippen LogP contribution is 2.33. The Balaban J connectivity index is 1.84. The van der Waals surface area contributed by atoms with Crippen LogP contribution in [0.25, 0.3) is 0 Å². The van der Waals surface area contributed by atoms with Crippen molar-refractivity contribution in [1.29, 1.82) is 0 Å². The van der Waals surface area contributed by atoms with E-state index in [0.29, 0.717) is 12.5 Å². The van der Waals surface area contributed by atoms with Crippen LogP contribution in [0.15, 0.2) is 29.4 Å². The van der Waals surface area contributed by atoms with E-state index in [1.54, 1.807) is 22.5 Å². The molecule has 2 saturated heterocycles. The van der Waals surface area contributed by atoms with Crippen molar-refractivity contribution in [3.8, 4) is 0 Å². The fourth-order valence-corrected chi connectivity index (χ4v) is 4.94. The van der Waals surface area contributed by atoms with Gasteiger partial charge in [0.25, 0.3) is 10.0 Å². The van der Waals surface area contributed by atoms with Crippen molar-refractivity contribution in [3.63, 3.8) is 0 Å². The van der Waals surface area contributed by atoms with Crippen molar-refractivity contribution in [2.24, 2.45) is 5.92 Å². The molecule has 0 aromatic carbocycles. The number of ether oxygens (including phenoxy) is 1. The fraction of sp³-hybridized carbons (Fsp3) is 0.643. The lowest BCUT2D eigenvalue weighted by molar-refractivity contribution is 0.0476. The first kappa shape index (κ1) is 14.0. The smallest absolute Gasteiger partial charge is 0.260 e. The molecule has 0 N–H and O–H groups in total. The van der Waals surface area contributed by atoms with Gasteiger partial charge in [-0.25, -0.2) is 13.4 Å². The zero-order valence-electron chi connectivity index (χ0n) is 11.4. The summed E-state index contributed by atoms with van der Waals surface area (Å²) in [6.45, 7) is 2.11. The molecule has 1 atom stereocenters.